The monoisotopic (exact) mass is 438 g/mol. The molecule has 0 amide bonds. The second-order valence-electron chi connectivity index (χ2n) is 8.85. The maximum Gasteiger partial charge on any atom is 0.334 e. The molecule has 7 nitrogen and oxygen atoms in total. The van der Waals surface area contributed by atoms with Crippen molar-refractivity contribution in [1.82, 2.24) is 0 Å². The third kappa shape index (κ3) is 4.05. The smallest absolute Gasteiger partial charge is 0.334 e. The van der Waals surface area contributed by atoms with E-state index in [0.29, 0.717) is 29.9 Å². The van der Waals surface area contributed by atoms with Gasteiger partial charge in [0.15, 0.2) is 11.5 Å². The van der Waals surface area contributed by atoms with Crippen LogP contribution in [0, 0.1) is 5.92 Å². The van der Waals surface area contributed by atoms with E-state index in [2.05, 4.69) is 19.6 Å². The Morgan fingerprint density at radius 3 is 3.03 bits per heavy atom. The zero-order valence-corrected chi connectivity index (χ0v) is 18.0. The minimum absolute atomic E-state index is 0.0650. The fourth-order valence-corrected chi connectivity index (χ4v) is 4.64. The lowest BCUT2D eigenvalue weighted by Crippen LogP contribution is -2.29. The maximum atomic E-state index is 12.3. The van der Waals surface area contributed by atoms with Gasteiger partial charge < -0.3 is 23.7 Å². The van der Waals surface area contributed by atoms with Crippen molar-refractivity contribution in [2.75, 3.05) is 13.4 Å². The number of carbonyl (C=O) groups excluding carboxylic acids is 2. The number of ether oxygens (including phenoxy) is 5. The summed E-state index contributed by atoms with van der Waals surface area (Å²) in [5.74, 6) is 0.542. The minimum Gasteiger partial charge on any atom is -0.458 e. The summed E-state index contributed by atoms with van der Waals surface area (Å²) in [5.41, 5.74) is 2.09. The highest BCUT2D eigenvalue weighted by Gasteiger charge is 2.61. The van der Waals surface area contributed by atoms with Gasteiger partial charge in [-0.1, -0.05) is 18.7 Å². The Hall–Kier alpha value is -3.06. The highest BCUT2D eigenvalue weighted by atomic mass is 16.7. The van der Waals surface area contributed by atoms with Crippen molar-refractivity contribution in [1.29, 1.82) is 0 Å². The van der Waals surface area contributed by atoms with E-state index in [4.69, 9.17) is 23.7 Å². The summed E-state index contributed by atoms with van der Waals surface area (Å²) in [7, 11) is 0. The molecule has 7 heteroatoms. The molecule has 2 saturated heterocycles. The summed E-state index contributed by atoms with van der Waals surface area (Å²) in [6, 6.07) is 5.48. The molecule has 168 valence electrons. The molecule has 0 unspecified atom stereocenters. The first-order valence-corrected chi connectivity index (χ1v) is 10.9. The highest BCUT2D eigenvalue weighted by Crippen LogP contribution is 2.49. The van der Waals surface area contributed by atoms with E-state index in [9.17, 15) is 9.59 Å². The SMILES string of the molecule is C=C1C(=O)O[C@H]2[C@H]1CC/C(COC(=O)/C=C/c1ccc3c(c1)OCO3)=C\CC[C@@]1(C)O[C@@H]21. The molecule has 4 atom stereocenters. The molecule has 1 aromatic carbocycles. The zero-order valence-electron chi connectivity index (χ0n) is 18.0. The number of allylic oxidation sites excluding steroid dienone is 1. The summed E-state index contributed by atoms with van der Waals surface area (Å²) in [6.45, 7) is 6.41. The Bertz CT molecular complexity index is 1020. The summed E-state index contributed by atoms with van der Waals surface area (Å²) in [4.78, 5) is 24.3. The molecular formula is C25H26O7. The van der Waals surface area contributed by atoms with Crippen LogP contribution in [-0.2, 0) is 23.8 Å². The first-order chi connectivity index (χ1) is 15.4. The molecule has 4 aliphatic rings. The zero-order chi connectivity index (χ0) is 22.3. The number of hydrogen-bond donors (Lipinski definition) is 0. The Labute approximate surface area is 186 Å². The largest absolute Gasteiger partial charge is 0.458 e. The van der Waals surface area contributed by atoms with Crippen LogP contribution in [0.1, 0.15) is 38.2 Å². The normalized spacial score (nSPS) is 32.5. The number of benzene rings is 1. The molecule has 0 N–H and O–H groups in total. The van der Waals surface area contributed by atoms with Gasteiger partial charge in [0.1, 0.15) is 18.8 Å². The van der Waals surface area contributed by atoms with Gasteiger partial charge >= 0.3 is 11.9 Å². The van der Waals surface area contributed by atoms with Crippen LogP contribution < -0.4 is 9.47 Å². The van der Waals surface area contributed by atoms with Gasteiger partial charge in [-0.25, -0.2) is 9.59 Å². The second kappa shape index (κ2) is 8.13. The fraction of sp³-hybridized carbons (Fsp3) is 0.440. The van der Waals surface area contributed by atoms with E-state index < -0.39 is 5.97 Å². The Morgan fingerprint density at radius 1 is 1.31 bits per heavy atom. The molecule has 0 radical (unpaired) electrons. The molecule has 0 spiro atoms. The third-order valence-electron chi connectivity index (χ3n) is 6.65. The molecule has 0 saturated carbocycles. The predicted molar refractivity (Wildman–Crippen MR) is 115 cm³/mol. The fourth-order valence-electron chi connectivity index (χ4n) is 4.64. The standard InChI is InChI=1S/C25H26O7/c1-15-18-8-5-17(4-3-11-25(2)23(32-25)22(18)31-24(15)27)13-28-21(26)10-7-16-6-9-19-20(12-16)30-14-29-19/h4,6-7,9-10,12,18,22-23H,1,3,5,8,11,13-14H2,2H3/b10-7+,17-4+/t18-,22-,23-,25+/m0/s1. The summed E-state index contributed by atoms with van der Waals surface area (Å²) in [6.07, 6.45) is 7.94. The minimum atomic E-state index is -0.417. The van der Waals surface area contributed by atoms with E-state index >= 15 is 0 Å². The summed E-state index contributed by atoms with van der Waals surface area (Å²) < 4.78 is 27.6. The van der Waals surface area contributed by atoms with Gasteiger partial charge in [-0.2, -0.15) is 0 Å². The highest BCUT2D eigenvalue weighted by molar-refractivity contribution is 5.91. The molecule has 1 aromatic rings. The van der Waals surface area contributed by atoms with Gasteiger partial charge in [0.25, 0.3) is 0 Å². The molecule has 2 fully saturated rings. The average molecular weight is 438 g/mol. The van der Waals surface area contributed by atoms with Crippen LogP contribution in [-0.4, -0.2) is 43.1 Å². The van der Waals surface area contributed by atoms with Crippen molar-refractivity contribution in [3.8, 4) is 11.5 Å². The number of fused-ring (bicyclic) bond motifs is 4. The van der Waals surface area contributed by atoms with Crippen molar-refractivity contribution in [2.24, 2.45) is 5.92 Å². The molecule has 3 heterocycles. The molecule has 0 aromatic heterocycles. The van der Waals surface area contributed by atoms with Crippen LogP contribution in [0.5, 0.6) is 11.5 Å². The first-order valence-electron chi connectivity index (χ1n) is 10.9. The first kappa shape index (κ1) is 20.8. The van der Waals surface area contributed by atoms with E-state index in [-0.39, 0.29) is 43.1 Å². The maximum absolute atomic E-state index is 12.3. The average Bonchev–Trinajstić information content (AvgIpc) is 3.09. The van der Waals surface area contributed by atoms with Crippen molar-refractivity contribution in [3.05, 3.63) is 53.6 Å². The number of esters is 2. The lowest BCUT2D eigenvalue weighted by molar-refractivity contribution is -0.140. The van der Waals surface area contributed by atoms with Crippen LogP contribution in [0.4, 0.5) is 0 Å². The Morgan fingerprint density at radius 2 is 2.16 bits per heavy atom. The molecule has 0 bridgehead atoms. The Kier molecular flexibility index (Phi) is 5.29. The molecular weight excluding hydrogens is 412 g/mol. The van der Waals surface area contributed by atoms with E-state index in [1.54, 1.807) is 6.08 Å². The number of hydrogen-bond acceptors (Lipinski definition) is 7. The van der Waals surface area contributed by atoms with E-state index in [1.165, 1.54) is 6.08 Å². The number of epoxide rings is 1. The summed E-state index contributed by atoms with van der Waals surface area (Å²) in [5, 5.41) is 0. The molecule has 1 aliphatic carbocycles. The van der Waals surface area contributed by atoms with E-state index in [1.807, 2.05) is 18.2 Å². The number of rotatable bonds is 4. The third-order valence-corrected chi connectivity index (χ3v) is 6.65. The van der Waals surface area contributed by atoms with Gasteiger partial charge in [-0.05, 0) is 62.0 Å². The van der Waals surface area contributed by atoms with Crippen LogP contribution >= 0.6 is 0 Å². The van der Waals surface area contributed by atoms with Crippen LogP contribution in [0.25, 0.3) is 6.08 Å². The van der Waals surface area contributed by atoms with Gasteiger partial charge in [0.2, 0.25) is 6.79 Å². The summed E-state index contributed by atoms with van der Waals surface area (Å²) >= 11 is 0. The molecule has 32 heavy (non-hydrogen) atoms. The van der Waals surface area contributed by atoms with E-state index in [0.717, 1.165) is 24.0 Å². The van der Waals surface area contributed by atoms with Crippen LogP contribution in [0.3, 0.4) is 0 Å². The van der Waals surface area contributed by atoms with Gasteiger partial charge in [-0.3, -0.25) is 0 Å². The van der Waals surface area contributed by atoms with Crippen molar-refractivity contribution in [3.63, 3.8) is 0 Å². The number of carbonyl (C=O) groups is 2. The van der Waals surface area contributed by atoms with Crippen LogP contribution in [0.15, 0.2) is 48.1 Å². The van der Waals surface area contributed by atoms with Crippen molar-refractivity contribution >= 4 is 18.0 Å². The van der Waals surface area contributed by atoms with Gasteiger partial charge in [-0.15, -0.1) is 0 Å². The van der Waals surface area contributed by atoms with Crippen molar-refractivity contribution in [2.45, 2.75) is 50.4 Å². The van der Waals surface area contributed by atoms with Crippen molar-refractivity contribution < 1.29 is 33.3 Å². The van der Waals surface area contributed by atoms with Crippen LogP contribution in [0.2, 0.25) is 0 Å². The molecule has 5 rings (SSSR count). The topological polar surface area (TPSA) is 83.6 Å². The second-order valence-corrected chi connectivity index (χ2v) is 8.85. The predicted octanol–water partition coefficient (Wildman–Crippen LogP) is 3.73. The quantitative estimate of drug-likeness (QED) is 0.307. The lowest BCUT2D eigenvalue weighted by atomic mass is 9.84. The van der Waals surface area contributed by atoms with Gasteiger partial charge in [0.05, 0.1) is 5.60 Å². The Balaban J connectivity index is 1.20. The lowest BCUT2D eigenvalue weighted by Gasteiger charge is -2.20. The van der Waals surface area contributed by atoms with Gasteiger partial charge in [0, 0.05) is 17.6 Å². The molecule has 3 aliphatic heterocycles.